The van der Waals surface area contributed by atoms with Crippen LogP contribution >= 0.6 is 11.3 Å². The van der Waals surface area contributed by atoms with Crippen molar-refractivity contribution in [3.05, 3.63) is 16.1 Å². The molecule has 1 aliphatic heterocycles. The van der Waals surface area contributed by atoms with E-state index in [1.807, 2.05) is 0 Å². The predicted molar refractivity (Wildman–Crippen MR) is 60.9 cm³/mol. The van der Waals surface area contributed by atoms with Gasteiger partial charge in [0.15, 0.2) is 5.78 Å². The van der Waals surface area contributed by atoms with Crippen LogP contribution in [-0.4, -0.2) is 47.8 Å². The molecular weight excluding hydrogens is 226 g/mol. The fourth-order valence-electron chi connectivity index (χ4n) is 1.66. The smallest absolute Gasteiger partial charge is 0.266 e. The molecule has 2 heterocycles. The van der Waals surface area contributed by atoms with Gasteiger partial charge in [-0.15, -0.1) is 11.3 Å². The molecule has 1 saturated heterocycles. The summed E-state index contributed by atoms with van der Waals surface area (Å²) >= 11 is 1.24. The Balaban J connectivity index is 2.19. The van der Waals surface area contributed by atoms with Gasteiger partial charge in [-0.25, -0.2) is 4.98 Å². The van der Waals surface area contributed by atoms with Crippen LogP contribution in [0, 0.1) is 0 Å². The SMILES string of the molecule is CC(=O)c1ncsc1C(=O)N1CCNCC1. The maximum atomic E-state index is 12.1. The average Bonchev–Trinajstić information content (AvgIpc) is 2.78. The first-order valence-electron chi connectivity index (χ1n) is 5.14. The van der Waals surface area contributed by atoms with Gasteiger partial charge in [0.25, 0.3) is 5.91 Å². The van der Waals surface area contributed by atoms with Crippen molar-refractivity contribution in [2.75, 3.05) is 26.2 Å². The highest BCUT2D eigenvalue weighted by molar-refractivity contribution is 7.12. The highest BCUT2D eigenvalue weighted by atomic mass is 32.1. The Labute approximate surface area is 97.5 Å². The second-order valence-corrected chi connectivity index (χ2v) is 4.48. The van der Waals surface area contributed by atoms with Crippen LogP contribution in [0.25, 0.3) is 0 Å². The van der Waals surface area contributed by atoms with E-state index in [4.69, 9.17) is 0 Å². The number of carbonyl (C=O) groups is 2. The minimum atomic E-state index is -0.153. The molecule has 0 unspecified atom stereocenters. The van der Waals surface area contributed by atoms with Crippen LogP contribution < -0.4 is 5.32 Å². The molecule has 1 aromatic heterocycles. The van der Waals surface area contributed by atoms with E-state index in [2.05, 4.69) is 10.3 Å². The summed E-state index contributed by atoms with van der Waals surface area (Å²) in [6.45, 7) is 4.42. The second-order valence-electron chi connectivity index (χ2n) is 3.63. The number of thiazole rings is 1. The molecule has 86 valence electrons. The number of nitrogens with zero attached hydrogens (tertiary/aromatic N) is 2. The van der Waals surface area contributed by atoms with Crippen molar-refractivity contribution < 1.29 is 9.59 Å². The number of piperazine rings is 1. The van der Waals surface area contributed by atoms with Crippen molar-refractivity contribution in [1.29, 1.82) is 0 Å². The van der Waals surface area contributed by atoms with Gasteiger partial charge in [-0.1, -0.05) is 0 Å². The largest absolute Gasteiger partial charge is 0.335 e. The molecule has 6 heteroatoms. The van der Waals surface area contributed by atoms with E-state index in [1.165, 1.54) is 18.3 Å². The van der Waals surface area contributed by atoms with Crippen LogP contribution in [0.15, 0.2) is 5.51 Å². The summed E-state index contributed by atoms with van der Waals surface area (Å²) in [7, 11) is 0. The van der Waals surface area contributed by atoms with E-state index >= 15 is 0 Å². The fourth-order valence-corrected chi connectivity index (χ4v) is 2.46. The minimum absolute atomic E-state index is 0.0748. The lowest BCUT2D eigenvalue weighted by atomic mass is 10.2. The van der Waals surface area contributed by atoms with Crippen LogP contribution in [0.4, 0.5) is 0 Å². The molecule has 5 nitrogen and oxygen atoms in total. The molecule has 0 bridgehead atoms. The number of carbonyl (C=O) groups excluding carboxylic acids is 2. The van der Waals surface area contributed by atoms with Gasteiger partial charge in [0, 0.05) is 33.1 Å². The molecule has 2 rings (SSSR count). The summed E-state index contributed by atoms with van der Waals surface area (Å²) < 4.78 is 0. The van der Waals surface area contributed by atoms with Crippen LogP contribution in [0.1, 0.15) is 27.1 Å². The Kier molecular flexibility index (Phi) is 3.31. The molecule has 1 fully saturated rings. The van der Waals surface area contributed by atoms with E-state index < -0.39 is 0 Å². The summed E-state index contributed by atoms with van der Waals surface area (Å²) in [5, 5.41) is 3.18. The molecule has 0 radical (unpaired) electrons. The van der Waals surface area contributed by atoms with Crippen molar-refractivity contribution in [1.82, 2.24) is 15.2 Å². The zero-order chi connectivity index (χ0) is 11.5. The van der Waals surface area contributed by atoms with Crippen molar-refractivity contribution in [2.45, 2.75) is 6.92 Å². The summed E-state index contributed by atoms with van der Waals surface area (Å²) in [5.41, 5.74) is 1.85. The molecule has 16 heavy (non-hydrogen) atoms. The second kappa shape index (κ2) is 4.71. The molecule has 1 N–H and O–H groups in total. The van der Waals surface area contributed by atoms with Gasteiger partial charge in [0.1, 0.15) is 10.6 Å². The average molecular weight is 239 g/mol. The third-order valence-electron chi connectivity index (χ3n) is 2.50. The van der Waals surface area contributed by atoms with Crippen LogP contribution in [0.2, 0.25) is 0 Å². The van der Waals surface area contributed by atoms with Gasteiger partial charge in [0.2, 0.25) is 0 Å². The number of amides is 1. The highest BCUT2D eigenvalue weighted by Crippen LogP contribution is 2.16. The molecular formula is C10H13N3O2S. The van der Waals surface area contributed by atoms with Gasteiger partial charge in [-0.3, -0.25) is 9.59 Å². The fraction of sp³-hybridized carbons (Fsp3) is 0.500. The summed E-state index contributed by atoms with van der Waals surface area (Å²) in [5.74, 6) is -0.228. The summed E-state index contributed by atoms with van der Waals surface area (Å²) in [4.78, 5) is 29.5. The Morgan fingerprint density at radius 2 is 2.12 bits per heavy atom. The van der Waals surface area contributed by atoms with E-state index in [0.717, 1.165) is 13.1 Å². The minimum Gasteiger partial charge on any atom is -0.335 e. The first-order chi connectivity index (χ1) is 7.70. The highest BCUT2D eigenvalue weighted by Gasteiger charge is 2.24. The van der Waals surface area contributed by atoms with Crippen molar-refractivity contribution >= 4 is 23.0 Å². The number of Topliss-reactive ketones (excluding diaryl/α,β-unsaturated/α-hetero) is 1. The molecule has 1 amide bonds. The van der Waals surface area contributed by atoms with E-state index in [1.54, 1.807) is 10.4 Å². The van der Waals surface area contributed by atoms with E-state index in [9.17, 15) is 9.59 Å². The van der Waals surface area contributed by atoms with Crippen molar-refractivity contribution in [2.24, 2.45) is 0 Å². The number of ketones is 1. The summed E-state index contributed by atoms with van der Waals surface area (Å²) in [6.07, 6.45) is 0. The molecule has 1 aromatic rings. The Morgan fingerprint density at radius 1 is 1.44 bits per heavy atom. The molecule has 0 saturated carbocycles. The predicted octanol–water partition coefficient (Wildman–Crippen LogP) is 0.391. The molecule has 1 aliphatic rings. The lowest BCUT2D eigenvalue weighted by Crippen LogP contribution is -2.46. The third kappa shape index (κ3) is 2.12. The Bertz CT molecular complexity index is 410. The monoisotopic (exact) mass is 239 g/mol. The van der Waals surface area contributed by atoms with Gasteiger partial charge in [-0.05, 0) is 0 Å². The topological polar surface area (TPSA) is 62.3 Å². The van der Waals surface area contributed by atoms with Crippen molar-refractivity contribution in [3.63, 3.8) is 0 Å². The zero-order valence-electron chi connectivity index (χ0n) is 9.02. The van der Waals surface area contributed by atoms with Gasteiger partial charge in [0.05, 0.1) is 5.51 Å². The van der Waals surface area contributed by atoms with Gasteiger partial charge >= 0.3 is 0 Å². The van der Waals surface area contributed by atoms with Crippen LogP contribution in [-0.2, 0) is 0 Å². The van der Waals surface area contributed by atoms with Crippen LogP contribution in [0.5, 0.6) is 0 Å². The number of hydrogen-bond donors (Lipinski definition) is 1. The quantitative estimate of drug-likeness (QED) is 0.758. The molecule has 0 aromatic carbocycles. The number of nitrogens with one attached hydrogen (secondary N) is 1. The number of rotatable bonds is 2. The Morgan fingerprint density at radius 3 is 2.75 bits per heavy atom. The number of hydrogen-bond acceptors (Lipinski definition) is 5. The summed E-state index contributed by atoms with van der Waals surface area (Å²) in [6, 6.07) is 0. The molecule has 0 aliphatic carbocycles. The Hall–Kier alpha value is -1.27. The zero-order valence-corrected chi connectivity index (χ0v) is 9.84. The lowest BCUT2D eigenvalue weighted by molar-refractivity contribution is 0.0736. The van der Waals surface area contributed by atoms with Gasteiger partial charge < -0.3 is 10.2 Å². The first-order valence-corrected chi connectivity index (χ1v) is 6.02. The standard InChI is InChI=1S/C10H13N3O2S/c1-7(14)8-9(16-6-12-8)10(15)13-4-2-11-3-5-13/h6,11H,2-5H2,1H3. The molecule has 0 atom stereocenters. The first kappa shape index (κ1) is 11.2. The van der Waals surface area contributed by atoms with Gasteiger partial charge in [-0.2, -0.15) is 0 Å². The maximum Gasteiger partial charge on any atom is 0.266 e. The van der Waals surface area contributed by atoms with Crippen LogP contribution in [0.3, 0.4) is 0 Å². The molecule has 0 spiro atoms. The lowest BCUT2D eigenvalue weighted by Gasteiger charge is -2.27. The normalized spacial score (nSPS) is 16.2. The number of aromatic nitrogens is 1. The van der Waals surface area contributed by atoms with E-state index in [0.29, 0.717) is 23.7 Å². The maximum absolute atomic E-state index is 12.1. The third-order valence-corrected chi connectivity index (χ3v) is 3.31. The van der Waals surface area contributed by atoms with Crippen molar-refractivity contribution in [3.8, 4) is 0 Å². The van der Waals surface area contributed by atoms with E-state index in [-0.39, 0.29) is 11.7 Å².